The summed E-state index contributed by atoms with van der Waals surface area (Å²) in [6.45, 7) is 1.14. The maximum Gasteiger partial charge on any atom is 0.308 e. The number of carbonyl (C=O) groups is 1. The summed E-state index contributed by atoms with van der Waals surface area (Å²) in [6, 6.07) is 13.0. The average Bonchev–Trinajstić information content (AvgIpc) is 2.94. The van der Waals surface area contributed by atoms with Gasteiger partial charge >= 0.3 is 5.97 Å². The monoisotopic (exact) mass is 467 g/mol. The van der Waals surface area contributed by atoms with Crippen LogP contribution in [0, 0.1) is 0 Å². The smallest absolute Gasteiger partial charge is 0.308 e. The van der Waals surface area contributed by atoms with Gasteiger partial charge in [-0.25, -0.2) is 13.1 Å². The Morgan fingerprint density at radius 1 is 1.21 bits per heavy atom. The molecule has 0 aliphatic heterocycles. The van der Waals surface area contributed by atoms with E-state index in [0.29, 0.717) is 17.3 Å². The quantitative estimate of drug-likeness (QED) is 0.397. The van der Waals surface area contributed by atoms with E-state index >= 15 is 0 Å². The Labute approximate surface area is 170 Å². The van der Waals surface area contributed by atoms with Gasteiger partial charge in [-0.05, 0) is 23.3 Å². The first-order valence-electron chi connectivity index (χ1n) is 8.40. The predicted molar refractivity (Wildman–Crippen MR) is 110 cm³/mol. The van der Waals surface area contributed by atoms with Crippen molar-refractivity contribution >= 4 is 48.6 Å². The molecule has 2 N–H and O–H groups in total. The number of esters is 1. The summed E-state index contributed by atoms with van der Waals surface area (Å²) in [5.41, 5.74) is 0.510. The number of anilines is 1. The summed E-state index contributed by atoms with van der Waals surface area (Å²) in [6.07, 6.45) is 0.377. The van der Waals surface area contributed by atoms with Gasteiger partial charge in [0.2, 0.25) is 21.5 Å². The zero-order valence-electron chi connectivity index (χ0n) is 14.9. The first kappa shape index (κ1) is 20.2. The Morgan fingerprint density at radius 2 is 1.93 bits per heavy atom. The second kappa shape index (κ2) is 8.24. The number of benzene rings is 2. The van der Waals surface area contributed by atoms with E-state index in [1.165, 1.54) is 0 Å². The summed E-state index contributed by atoms with van der Waals surface area (Å²) in [7, 11) is -3.75. The standard InChI is InChI=1S/C19H18BrNO6S/c1-12(22)26-18-16(23)17(27-19(18)21-28(24,25)10-4-9-20)15-8-7-13-5-2-3-6-14(13)11-15/h2-3,5-8,11,21,23H,4,9-10H2,1H3. The van der Waals surface area contributed by atoms with Crippen LogP contribution in [0.2, 0.25) is 0 Å². The molecular formula is C19H18BrNO6S. The molecule has 3 aromatic rings. The fourth-order valence-corrected chi connectivity index (χ4v) is 4.37. The van der Waals surface area contributed by atoms with Gasteiger partial charge in [-0.15, -0.1) is 0 Å². The molecule has 7 nitrogen and oxygen atoms in total. The van der Waals surface area contributed by atoms with Crippen molar-refractivity contribution in [2.75, 3.05) is 15.8 Å². The number of sulfonamides is 1. The Kier molecular flexibility index (Phi) is 5.95. The number of nitrogens with one attached hydrogen (secondary N) is 1. The van der Waals surface area contributed by atoms with E-state index in [9.17, 15) is 18.3 Å². The number of carbonyl (C=O) groups excluding carboxylic acids is 1. The highest BCUT2D eigenvalue weighted by molar-refractivity contribution is 9.09. The number of rotatable bonds is 7. The van der Waals surface area contributed by atoms with E-state index in [2.05, 4.69) is 20.7 Å². The lowest BCUT2D eigenvalue weighted by molar-refractivity contribution is -0.131. The van der Waals surface area contributed by atoms with Crippen LogP contribution in [0.3, 0.4) is 0 Å². The van der Waals surface area contributed by atoms with Gasteiger partial charge in [0.15, 0.2) is 5.76 Å². The van der Waals surface area contributed by atoms with Crippen LogP contribution in [-0.2, 0) is 14.8 Å². The van der Waals surface area contributed by atoms with Crippen molar-refractivity contribution in [3.63, 3.8) is 0 Å². The Balaban J connectivity index is 2.06. The molecule has 2 aromatic carbocycles. The maximum atomic E-state index is 12.2. The Morgan fingerprint density at radius 3 is 2.61 bits per heavy atom. The van der Waals surface area contributed by atoms with Crippen molar-refractivity contribution in [1.82, 2.24) is 0 Å². The largest absolute Gasteiger partial charge is 0.502 e. The second-order valence-electron chi connectivity index (χ2n) is 6.06. The molecule has 1 aromatic heterocycles. The molecule has 1 heterocycles. The molecule has 148 valence electrons. The Bertz CT molecular complexity index is 1120. The van der Waals surface area contributed by atoms with Crippen molar-refractivity contribution in [3.05, 3.63) is 42.5 Å². The first-order valence-corrected chi connectivity index (χ1v) is 11.2. The van der Waals surface area contributed by atoms with Crippen LogP contribution >= 0.6 is 15.9 Å². The van der Waals surface area contributed by atoms with Crippen LogP contribution < -0.4 is 9.46 Å². The van der Waals surface area contributed by atoms with Gasteiger partial charge in [-0.1, -0.05) is 52.3 Å². The van der Waals surface area contributed by atoms with Crippen LogP contribution in [-0.4, -0.2) is 30.6 Å². The van der Waals surface area contributed by atoms with Gasteiger partial charge < -0.3 is 14.3 Å². The molecule has 0 saturated carbocycles. The maximum absolute atomic E-state index is 12.2. The van der Waals surface area contributed by atoms with Crippen LogP contribution in [0.25, 0.3) is 22.1 Å². The number of ether oxygens (including phenoxy) is 1. The van der Waals surface area contributed by atoms with E-state index in [-0.39, 0.29) is 23.1 Å². The summed E-state index contributed by atoms with van der Waals surface area (Å²) in [5.74, 6) is -2.04. The molecule has 0 amide bonds. The van der Waals surface area contributed by atoms with Crippen molar-refractivity contribution in [1.29, 1.82) is 0 Å². The highest BCUT2D eigenvalue weighted by Crippen LogP contribution is 2.47. The molecule has 3 rings (SSSR count). The van der Waals surface area contributed by atoms with Crippen molar-refractivity contribution in [2.45, 2.75) is 13.3 Å². The van der Waals surface area contributed by atoms with Gasteiger partial charge in [-0.2, -0.15) is 0 Å². The van der Waals surface area contributed by atoms with E-state index in [0.717, 1.165) is 17.7 Å². The molecule has 0 unspecified atom stereocenters. The zero-order valence-corrected chi connectivity index (χ0v) is 17.3. The van der Waals surface area contributed by atoms with Gasteiger partial charge in [0.05, 0.1) is 5.75 Å². The average molecular weight is 468 g/mol. The lowest BCUT2D eigenvalue weighted by Crippen LogP contribution is -2.17. The number of hydrogen-bond acceptors (Lipinski definition) is 6. The minimum atomic E-state index is -3.75. The van der Waals surface area contributed by atoms with E-state index < -0.39 is 21.7 Å². The second-order valence-corrected chi connectivity index (χ2v) is 8.69. The van der Waals surface area contributed by atoms with Gasteiger partial charge in [0.1, 0.15) is 0 Å². The SMILES string of the molecule is CC(=O)Oc1c(NS(=O)(=O)CCCBr)oc(-c2ccc3ccccc3c2)c1O. The predicted octanol–water partition coefficient (Wildman–Crippen LogP) is 4.26. The zero-order chi connectivity index (χ0) is 20.3. The molecule has 0 aliphatic carbocycles. The molecule has 0 fully saturated rings. The highest BCUT2D eigenvalue weighted by atomic mass is 79.9. The van der Waals surface area contributed by atoms with Crippen LogP contribution in [0.4, 0.5) is 5.88 Å². The molecule has 28 heavy (non-hydrogen) atoms. The number of fused-ring (bicyclic) bond motifs is 1. The first-order chi connectivity index (χ1) is 13.3. The molecule has 0 atom stereocenters. The summed E-state index contributed by atoms with van der Waals surface area (Å²) >= 11 is 3.18. The van der Waals surface area contributed by atoms with E-state index in [1.807, 2.05) is 30.3 Å². The number of furan rings is 1. The fraction of sp³-hybridized carbons (Fsp3) is 0.211. The number of aromatic hydroxyl groups is 1. The molecule has 0 radical (unpaired) electrons. The lowest BCUT2D eigenvalue weighted by Gasteiger charge is -2.06. The molecule has 0 spiro atoms. The highest BCUT2D eigenvalue weighted by Gasteiger charge is 2.27. The van der Waals surface area contributed by atoms with Crippen molar-refractivity contribution in [3.8, 4) is 22.8 Å². The summed E-state index contributed by atoms with van der Waals surface area (Å²) in [5, 5.41) is 13.0. The summed E-state index contributed by atoms with van der Waals surface area (Å²) in [4.78, 5) is 11.4. The van der Waals surface area contributed by atoms with Crippen LogP contribution in [0.5, 0.6) is 11.5 Å². The van der Waals surface area contributed by atoms with Crippen molar-refractivity contribution < 1.29 is 27.5 Å². The summed E-state index contributed by atoms with van der Waals surface area (Å²) < 4.78 is 37.2. The topological polar surface area (TPSA) is 106 Å². The molecule has 0 bridgehead atoms. The third kappa shape index (κ3) is 4.48. The molecule has 0 aliphatic rings. The third-order valence-electron chi connectivity index (χ3n) is 3.89. The van der Waals surface area contributed by atoms with Gasteiger partial charge in [0, 0.05) is 17.8 Å². The van der Waals surface area contributed by atoms with Crippen LogP contribution in [0.1, 0.15) is 13.3 Å². The van der Waals surface area contributed by atoms with Crippen LogP contribution in [0.15, 0.2) is 46.9 Å². The van der Waals surface area contributed by atoms with E-state index in [1.54, 1.807) is 12.1 Å². The minimum absolute atomic E-state index is 0.000180. The fourth-order valence-electron chi connectivity index (χ4n) is 2.68. The van der Waals surface area contributed by atoms with E-state index in [4.69, 9.17) is 9.15 Å². The van der Waals surface area contributed by atoms with Gasteiger partial charge in [-0.3, -0.25) is 4.79 Å². The number of alkyl halides is 1. The normalized spacial score (nSPS) is 11.5. The molecule has 9 heteroatoms. The number of halogens is 1. The number of hydrogen-bond donors (Lipinski definition) is 2. The molecular weight excluding hydrogens is 450 g/mol. The minimum Gasteiger partial charge on any atom is -0.502 e. The van der Waals surface area contributed by atoms with Crippen molar-refractivity contribution in [2.24, 2.45) is 0 Å². The van der Waals surface area contributed by atoms with Gasteiger partial charge in [0.25, 0.3) is 5.88 Å². The lowest BCUT2D eigenvalue weighted by atomic mass is 10.1. The molecule has 0 saturated heterocycles. The Hall–Kier alpha value is -2.52. The third-order valence-corrected chi connectivity index (χ3v) is 5.78.